The van der Waals surface area contributed by atoms with Crippen LogP contribution in [0.15, 0.2) is 67.0 Å². The number of nitrogens with zero attached hydrogens (tertiary/aromatic N) is 2. The molecule has 0 aliphatic rings. The van der Waals surface area contributed by atoms with Crippen LogP contribution in [0.1, 0.15) is 11.1 Å². The molecule has 0 aliphatic carbocycles. The summed E-state index contributed by atoms with van der Waals surface area (Å²) in [5, 5.41) is 4.54. The number of methoxy groups -OCH3 is 2. The van der Waals surface area contributed by atoms with Crippen LogP contribution in [0.25, 0.3) is 0 Å². The lowest BCUT2D eigenvalue weighted by Gasteiger charge is -2.27. The summed E-state index contributed by atoms with van der Waals surface area (Å²) in [5.41, 5.74) is 2.79. The lowest BCUT2D eigenvalue weighted by Crippen LogP contribution is -2.34. The van der Waals surface area contributed by atoms with Gasteiger partial charge in [0.1, 0.15) is 11.5 Å². The summed E-state index contributed by atoms with van der Waals surface area (Å²) in [6.07, 6.45) is 3.58. The summed E-state index contributed by atoms with van der Waals surface area (Å²) >= 11 is 12.1. The number of anilines is 1. The van der Waals surface area contributed by atoms with Gasteiger partial charge in [0.15, 0.2) is 5.11 Å². The summed E-state index contributed by atoms with van der Waals surface area (Å²) in [4.78, 5) is 6.24. The molecule has 0 unspecified atom stereocenters. The molecule has 7 heteroatoms. The fraction of sp³-hybridized carbons (Fsp3) is 0.182. The molecular formula is C22H22ClN3O2S. The van der Waals surface area contributed by atoms with Crippen molar-refractivity contribution < 1.29 is 9.47 Å². The zero-order valence-electron chi connectivity index (χ0n) is 16.3. The van der Waals surface area contributed by atoms with Crippen molar-refractivity contribution in [2.45, 2.75) is 13.1 Å². The Morgan fingerprint density at radius 2 is 1.90 bits per heavy atom. The molecule has 0 atom stereocenters. The number of pyridine rings is 1. The Morgan fingerprint density at radius 1 is 1.07 bits per heavy atom. The van der Waals surface area contributed by atoms with Gasteiger partial charge in [-0.25, -0.2) is 0 Å². The maximum Gasteiger partial charge on any atom is 0.174 e. The maximum atomic E-state index is 6.38. The second-order valence-corrected chi connectivity index (χ2v) is 7.10. The van der Waals surface area contributed by atoms with Crippen LogP contribution in [-0.4, -0.2) is 29.2 Å². The summed E-state index contributed by atoms with van der Waals surface area (Å²) in [5.74, 6) is 1.35. The number of hydrogen-bond donors (Lipinski definition) is 1. The zero-order chi connectivity index (χ0) is 20.6. The van der Waals surface area contributed by atoms with Gasteiger partial charge in [0, 0.05) is 36.6 Å². The zero-order valence-corrected chi connectivity index (χ0v) is 17.8. The summed E-state index contributed by atoms with van der Waals surface area (Å²) in [7, 11) is 3.23. The number of rotatable bonds is 7. The molecule has 150 valence electrons. The van der Waals surface area contributed by atoms with Gasteiger partial charge in [-0.2, -0.15) is 0 Å². The van der Waals surface area contributed by atoms with Crippen LogP contribution in [-0.2, 0) is 13.1 Å². The fourth-order valence-corrected chi connectivity index (χ4v) is 3.27. The van der Waals surface area contributed by atoms with Crippen molar-refractivity contribution in [3.8, 4) is 11.5 Å². The molecule has 3 rings (SSSR count). The van der Waals surface area contributed by atoms with Gasteiger partial charge in [-0.1, -0.05) is 35.9 Å². The SMILES string of the molecule is COc1ccc(NC(=S)N(Cc2cccnc2)Cc2ccccc2Cl)c(OC)c1. The van der Waals surface area contributed by atoms with E-state index in [-0.39, 0.29) is 0 Å². The third-order valence-electron chi connectivity index (χ3n) is 4.35. The first kappa shape index (κ1) is 20.9. The van der Waals surface area contributed by atoms with E-state index in [0.717, 1.165) is 16.8 Å². The number of aromatic nitrogens is 1. The summed E-state index contributed by atoms with van der Waals surface area (Å²) < 4.78 is 10.7. The van der Waals surface area contributed by atoms with Gasteiger partial charge in [-0.3, -0.25) is 4.98 Å². The molecule has 1 N–H and O–H groups in total. The predicted octanol–water partition coefficient (Wildman–Crippen LogP) is 5.15. The van der Waals surface area contributed by atoms with Gasteiger partial charge in [0.2, 0.25) is 0 Å². The Labute approximate surface area is 181 Å². The quantitative estimate of drug-likeness (QED) is 0.526. The van der Waals surface area contributed by atoms with E-state index in [9.17, 15) is 0 Å². The highest BCUT2D eigenvalue weighted by Crippen LogP contribution is 2.29. The van der Waals surface area contributed by atoms with Crippen LogP contribution in [0.2, 0.25) is 5.02 Å². The fourth-order valence-electron chi connectivity index (χ4n) is 2.84. The average Bonchev–Trinajstić information content (AvgIpc) is 2.75. The molecule has 2 aromatic carbocycles. The molecule has 5 nitrogen and oxygen atoms in total. The van der Waals surface area contributed by atoms with Crippen molar-refractivity contribution in [3.63, 3.8) is 0 Å². The Hall–Kier alpha value is -2.83. The Kier molecular flexibility index (Phi) is 7.27. The van der Waals surface area contributed by atoms with Crippen LogP contribution in [0.3, 0.4) is 0 Å². The van der Waals surface area contributed by atoms with Crippen molar-refractivity contribution in [2.75, 3.05) is 19.5 Å². The third-order valence-corrected chi connectivity index (χ3v) is 5.08. The molecule has 0 saturated carbocycles. The lowest BCUT2D eigenvalue weighted by atomic mass is 10.2. The van der Waals surface area contributed by atoms with Crippen molar-refractivity contribution in [1.82, 2.24) is 9.88 Å². The van der Waals surface area contributed by atoms with E-state index in [0.29, 0.717) is 34.7 Å². The summed E-state index contributed by atoms with van der Waals surface area (Å²) in [6, 6.07) is 17.2. The Balaban J connectivity index is 1.85. The first-order chi connectivity index (χ1) is 14.1. The van der Waals surface area contributed by atoms with Gasteiger partial charge >= 0.3 is 0 Å². The number of ether oxygens (including phenoxy) is 2. The molecule has 0 aliphatic heterocycles. The number of hydrogen-bond acceptors (Lipinski definition) is 4. The average molecular weight is 428 g/mol. The monoisotopic (exact) mass is 427 g/mol. The van der Waals surface area contributed by atoms with Crippen molar-refractivity contribution >= 4 is 34.6 Å². The molecule has 1 heterocycles. The van der Waals surface area contributed by atoms with Crippen LogP contribution in [0.5, 0.6) is 11.5 Å². The minimum absolute atomic E-state index is 0.553. The van der Waals surface area contributed by atoms with Gasteiger partial charge in [0.25, 0.3) is 0 Å². The van der Waals surface area contributed by atoms with Crippen molar-refractivity contribution in [3.05, 3.63) is 83.1 Å². The van der Waals surface area contributed by atoms with Gasteiger partial charge < -0.3 is 19.7 Å². The van der Waals surface area contributed by atoms with Crippen molar-refractivity contribution in [2.24, 2.45) is 0 Å². The van der Waals surface area contributed by atoms with Gasteiger partial charge in [-0.15, -0.1) is 0 Å². The molecule has 0 saturated heterocycles. The standard InChI is InChI=1S/C22H22ClN3O2S/c1-27-18-9-10-20(21(12-18)28-2)25-22(29)26(14-16-6-5-11-24-13-16)15-17-7-3-4-8-19(17)23/h3-13H,14-15H2,1-2H3,(H,25,29). The summed E-state index contributed by atoms with van der Waals surface area (Å²) in [6.45, 7) is 1.14. The second kappa shape index (κ2) is 10.1. The lowest BCUT2D eigenvalue weighted by molar-refractivity contribution is 0.394. The second-order valence-electron chi connectivity index (χ2n) is 6.31. The van der Waals surface area contributed by atoms with E-state index in [1.165, 1.54) is 0 Å². The van der Waals surface area contributed by atoms with Crippen LogP contribution >= 0.6 is 23.8 Å². The van der Waals surface area contributed by atoms with E-state index in [2.05, 4.69) is 10.3 Å². The molecule has 0 fully saturated rings. The minimum atomic E-state index is 0.553. The topological polar surface area (TPSA) is 46.6 Å². The molecule has 0 amide bonds. The van der Waals surface area contributed by atoms with E-state index in [1.54, 1.807) is 20.4 Å². The van der Waals surface area contributed by atoms with E-state index in [4.69, 9.17) is 33.3 Å². The van der Waals surface area contributed by atoms with E-state index < -0.39 is 0 Å². The number of thiocarbonyl (C=S) groups is 1. The van der Waals surface area contributed by atoms with Crippen LogP contribution in [0, 0.1) is 0 Å². The van der Waals surface area contributed by atoms with Gasteiger partial charge in [0.05, 0.1) is 19.9 Å². The van der Waals surface area contributed by atoms with E-state index in [1.807, 2.05) is 65.7 Å². The predicted molar refractivity (Wildman–Crippen MR) is 121 cm³/mol. The Bertz CT molecular complexity index is 969. The highest BCUT2D eigenvalue weighted by Gasteiger charge is 2.15. The first-order valence-electron chi connectivity index (χ1n) is 9.01. The molecule has 1 aromatic heterocycles. The Morgan fingerprint density at radius 3 is 2.59 bits per heavy atom. The number of halogens is 1. The third kappa shape index (κ3) is 5.59. The maximum absolute atomic E-state index is 6.38. The molecule has 29 heavy (non-hydrogen) atoms. The van der Waals surface area contributed by atoms with E-state index >= 15 is 0 Å². The molecule has 0 radical (unpaired) electrons. The highest BCUT2D eigenvalue weighted by molar-refractivity contribution is 7.80. The van der Waals surface area contributed by atoms with Gasteiger partial charge in [-0.05, 0) is 47.6 Å². The smallest absolute Gasteiger partial charge is 0.174 e. The molecule has 0 spiro atoms. The van der Waals surface area contributed by atoms with Crippen molar-refractivity contribution in [1.29, 1.82) is 0 Å². The first-order valence-corrected chi connectivity index (χ1v) is 9.79. The molecule has 0 bridgehead atoms. The number of nitrogens with one attached hydrogen (secondary N) is 1. The normalized spacial score (nSPS) is 10.3. The molecular weight excluding hydrogens is 406 g/mol. The van der Waals surface area contributed by atoms with Crippen LogP contribution < -0.4 is 14.8 Å². The number of benzene rings is 2. The highest BCUT2D eigenvalue weighted by atomic mass is 35.5. The minimum Gasteiger partial charge on any atom is -0.497 e. The largest absolute Gasteiger partial charge is 0.497 e. The van der Waals surface area contributed by atoms with Crippen LogP contribution in [0.4, 0.5) is 5.69 Å². The molecule has 3 aromatic rings.